The van der Waals surface area contributed by atoms with Gasteiger partial charge in [-0.15, -0.1) is 0 Å². The first-order valence-corrected chi connectivity index (χ1v) is 7.20. The smallest absolute Gasteiger partial charge is 0.141 e. The van der Waals surface area contributed by atoms with Crippen molar-refractivity contribution in [3.05, 3.63) is 12.2 Å². The molecule has 0 amide bonds. The van der Waals surface area contributed by atoms with Crippen molar-refractivity contribution >= 4 is 0 Å². The molecule has 5 nitrogen and oxygen atoms in total. The molecule has 0 aromatic carbocycles. The molecule has 0 saturated carbocycles. The zero-order chi connectivity index (χ0) is 14.5. The molecule has 19 heavy (non-hydrogen) atoms. The topological polar surface area (TPSA) is 60.0 Å². The van der Waals surface area contributed by atoms with E-state index >= 15 is 0 Å². The van der Waals surface area contributed by atoms with Gasteiger partial charge in [-0.05, 0) is 38.8 Å². The molecule has 0 fully saturated rings. The second-order valence-electron chi connectivity index (χ2n) is 6.29. The summed E-state index contributed by atoms with van der Waals surface area (Å²) in [7, 11) is 0. The van der Waals surface area contributed by atoms with Crippen LogP contribution in [0.5, 0.6) is 0 Å². The summed E-state index contributed by atoms with van der Waals surface area (Å²) in [6, 6.07) is 0.350. The van der Waals surface area contributed by atoms with Crippen molar-refractivity contribution in [3.8, 4) is 0 Å². The number of rotatable bonds is 8. The lowest BCUT2D eigenvalue weighted by Gasteiger charge is -2.31. The van der Waals surface area contributed by atoms with Crippen LogP contribution in [-0.2, 0) is 6.54 Å². The Labute approximate surface area is 117 Å². The number of hydrogen-bond donors (Lipinski definition) is 1. The third-order valence-corrected chi connectivity index (χ3v) is 3.25. The minimum absolute atomic E-state index is 0.137. The van der Waals surface area contributed by atoms with Crippen LogP contribution in [0.25, 0.3) is 0 Å². The zero-order valence-electron chi connectivity index (χ0n) is 13.1. The molecule has 0 aliphatic carbocycles. The lowest BCUT2D eigenvalue weighted by Crippen LogP contribution is -2.39. The largest absolute Gasteiger partial charge is 0.330 e. The Morgan fingerprint density at radius 3 is 2.63 bits per heavy atom. The molecule has 1 aromatic rings. The van der Waals surface area contributed by atoms with Gasteiger partial charge in [0.15, 0.2) is 0 Å². The van der Waals surface area contributed by atoms with Crippen molar-refractivity contribution in [2.75, 3.05) is 19.6 Å². The van der Waals surface area contributed by atoms with Crippen LogP contribution >= 0.6 is 0 Å². The van der Waals surface area contributed by atoms with Crippen LogP contribution < -0.4 is 5.73 Å². The lowest BCUT2D eigenvalue weighted by atomic mass is 9.93. The van der Waals surface area contributed by atoms with Gasteiger partial charge in [-0.3, -0.25) is 4.90 Å². The second-order valence-corrected chi connectivity index (χ2v) is 6.29. The molecule has 0 aliphatic rings. The summed E-state index contributed by atoms with van der Waals surface area (Å²) in [6.45, 7) is 14.5. The van der Waals surface area contributed by atoms with Gasteiger partial charge in [0.05, 0.1) is 6.54 Å². The van der Waals surface area contributed by atoms with Crippen LogP contribution in [0.4, 0.5) is 0 Å². The highest BCUT2D eigenvalue weighted by Crippen LogP contribution is 2.17. The fourth-order valence-electron chi connectivity index (χ4n) is 2.22. The summed E-state index contributed by atoms with van der Waals surface area (Å²) in [5.74, 6) is 1.04. The van der Waals surface area contributed by atoms with Crippen LogP contribution in [0.15, 0.2) is 6.33 Å². The fraction of sp³-hybridized carbons (Fsp3) is 0.857. The van der Waals surface area contributed by atoms with Crippen LogP contribution in [0, 0.1) is 5.41 Å². The van der Waals surface area contributed by atoms with Crippen LogP contribution in [0.1, 0.15) is 52.9 Å². The average Bonchev–Trinajstić information content (AvgIpc) is 2.77. The summed E-state index contributed by atoms with van der Waals surface area (Å²) >= 11 is 0. The number of aromatic nitrogens is 3. The average molecular weight is 267 g/mol. The van der Waals surface area contributed by atoms with Crippen molar-refractivity contribution in [2.45, 2.75) is 53.6 Å². The fourth-order valence-corrected chi connectivity index (χ4v) is 2.22. The van der Waals surface area contributed by atoms with E-state index in [0.29, 0.717) is 12.6 Å². The highest BCUT2D eigenvalue weighted by molar-refractivity contribution is 4.88. The molecule has 0 saturated heterocycles. The van der Waals surface area contributed by atoms with Gasteiger partial charge in [-0.1, -0.05) is 20.8 Å². The van der Waals surface area contributed by atoms with Gasteiger partial charge in [0.2, 0.25) is 0 Å². The quantitative estimate of drug-likeness (QED) is 0.783. The van der Waals surface area contributed by atoms with Crippen molar-refractivity contribution in [2.24, 2.45) is 11.1 Å². The van der Waals surface area contributed by atoms with E-state index in [9.17, 15) is 0 Å². The Morgan fingerprint density at radius 2 is 2.11 bits per heavy atom. The summed E-state index contributed by atoms with van der Waals surface area (Å²) in [6.07, 6.45) is 2.78. The van der Waals surface area contributed by atoms with Crippen LogP contribution in [-0.4, -0.2) is 39.3 Å². The first-order valence-electron chi connectivity index (χ1n) is 7.20. The predicted octanol–water partition coefficient (Wildman–Crippen LogP) is 2.06. The van der Waals surface area contributed by atoms with E-state index in [0.717, 1.165) is 31.9 Å². The van der Waals surface area contributed by atoms with E-state index in [1.807, 2.05) is 4.68 Å². The van der Waals surface area contributed by atoms with Gasteiger partial charge in [-0.2, -0.15) is 5.10 Å². The van der Waals surface area contributed by atoms with Gasteiger partial charge in [-0.25, -0.2) is 9.67 Å². The molecule has 1 aromatic heterocycles. The normalized spacial score (nSPS) is 12.6. The van der Waals surface area contributed by atoms with Crippen molar-refractivity contribution in [1.29, 1.82) is 0 Å². The summed E-state index contributed by atoms with van der Waals surface area (Å²) in [5.41, 5.74) is 5.98. The van der Waals surface area contributed by atoms with Gasteiger partial charge < -0.3 is 5.73 Å². The van der Waals surface area contributed by atoms with E-state index in [4.69, 9.17) is 5.73 Å². The lowest BCUT2D eigenvalue weighted by molar-refractivity contribution is 0.169. The first-order chi connectivity index (χ1) is 8.89. The van der Waals surface area contributed by atoms with Crippen molar-refractivity contribution < 1.29 is 0 Å². The minimum atomic E-state index is 0.137. The highest BCUT2D eigenvalue weighted by Gasteiger charge is 2.21. The second kappa shape index (κ2) is 7.01. The zero-order valence-corrected chi connectivity index (χ0v) is 13.1. The first kappa shape index (κ1) is 16.1. The van der Waals surface area contributed by atoms with Gasteiger partial charge in [0.25, 0.3) is 0 Å². The summed E-state index contributed by atoms with van der Waals surface area (Å²) < 4.78 is 2.00. The minimum Gasteiger partial charge on any atom is -0.330 e. The van der Waals surface area contributed by atoms with Gasteiger partial charge in [0.1, 0.15) is 12.2 Å². The highest BCUT2D eigenvalue weighted by atomic mass is 15.4. The summed E-state index contributed by atoms with van der Waals surface area (Å²) in [5, 5.41) is 4.30. The molecule has 0 unspecified atom stereocenters. The molecule has 110 valence electrons. The third kappa shape index (κ3) is 4.91. The maximum atomic E-state index is 5.84. The van der Waals surface area contributed by atoms with E-state index in [-0.39, 0.29) is 5.41 Å². The Balaban J connectivity index is 2.75. The van der Waals surface area contributed by atoms with Crippen molar-refractivity contribution in [3.63, 3.8) is 0 Å². The number of nitrogens with two attached hydrogens (primary N) is 1. The monoisotopic (exact) mass is 267 g/mol. The number of hydrogen-bond acceptors (Lipinski definition) is 4. The van der Waals surface area contributed by atoms with Crippen LogP contribution in [0.3, 0.4) is 0 Å². The van der Waals surface area contributed by atoms with E-state index in [1.165, 1.54) is 0 Å². The molecule has 0 radical (unpaired) electrons. The molecule has 0 aliphatic heterocycles. The SMILES string of the molecule is CCCN(Cc1ncnn1C(C)C)CC(C)(C)CN. The predicted molar refractivity (Wildman–Crippen MR) is 78.8 cm³/mol. The van der Waals surface area contributed by atoms with Gasteiger partial charge >= 0.3 is 0 Å². The molecule has 0 atom stereocenters. The molecule has 0 bridgehead atoms. The molecule has 1 heterocycles. The third-order valence-electron chi connectivity index (χ3n) is 3.25. The Morgan fingerprint density at radius 1 is 1.42 bits per heavy atom. The Bertz CT molecular complexity index is 370. The maximum Gasteiger partial charge on any atom is 0.141 e. The standard InChI is InChI=1S/C14H29N5/c1-6-7-18(10-14(4,5)9-15)8-13-16-11-17-19(13)12(2)3/h11-12H,6-10,15H2,1-5H3. The van der Waals surface area contributed by atoms with Crippen LogP contribution in [0.2, 0.25) is 0 Å². The van der Waals surface area contributed by atoms with Gasteiger partial charge in [0, 0.05) is 12.6 Å². The number of nitrogens with zero attached hydrogens (tertiary/aromatic N) is 4. The molecule has 0 spiro atoms. The molecular formula is C14H29N5. The Hall–Kier alpha value is -0.940. The van der Waals surface area contributed by atoms with E-state index in [2.05, 4.69) is 49.6 Å². The van der Waals surface area contributed by atoms with Crippen molar-refractivity contribution in [1.82, 2.24) is 19.7 Å². The molecule has 1 rings (SSSR count). The summed E-state index contributed by atoms with van der Waals surface area (Å²) in [4.78, 5) is 6.82. The molecular weight excluding hydrogens is 238 g/mol. The van der Waals surface area contributed by atoms with E-state index < -0.39 is 0 Å². The van der Waals surface area contributed by atoms with E-state index in [1.54, 1.807) is 6.33 Å². The molecule has 2 N–H and O–H groups in total. The Kier molecular flexibility index (Phi) is 5.94. The molecule has 5 heteroatoms. The maximum absolute atomic E-state index is 5.84.